The SMILES string of the molecule is Cc1ccc(-c2nc3cc(-c4ccc5nc(Cc6ccc(-c7nc8cc(-c9ccc%10nc(C)[nH]c%10c9)ccc8[nH]7)cc6)[nH]c5c4)ccc3[nH]2)nc1. The molecule has 0 aliphatic carbocycles. The monoisotopic (exact) mass is 661 g/mol. The second-order valence-corrected chi connectivity index (χ2v) is 13.2. The Morgan fingerprint density at radius 1 is 0.451 bits per heavy atom. The zero-order valence-electron chi connectivity index (χ0n) is 27.9. The molecule has 0 fully saturated rings. The summed E-state index contributed by atoms with van der Waals surface area (Å²) in [7, 11) is 0. The van der Waals surface area contributed by atoms with Crippen LogP contribution in [-0.4, -0.2) is 44.9 Å². The lowest BCUT2D eigenvalue weighted by Crippen LogP contribution is -1.91. The van der Waals surface area contributed by atoms with E-state index >= 15 is 0 Å². The Morgan fingerprint density at radius 3 is 1.73 bits per heavy atom. The van der Waals surface area contributed by atoms with Crippen molar-refractivity contribution in [2.24, 2.45) is 0 Å². The zero-order valence-corrected chi connectivity index (χ0v) is 27.9. The molecule has 5 aromatic heterocycles. The van der Waals surface area contributed by atoms with Gasteiger partial charge in [-0.1, -0.05) is 54.6 Å². The highest BCUT2D eigenvalue weighted by molar-refractivity contribution is 5.89. The minimum absolute atomic E-state index is 0.697. The van der Waals surface area contributed by atoms with Crippen LogP contribution in [0.25, 0.3) is 89.3 Å². The molecule has 10 rings (SSSR count). The van der Waals surface area contributed by atoms with Crippen molar-refractivity contribution in [3.8, 4) is 45.2 Å². The molecule has 0 radical (unpaired) electrons. The minimum atomic E-state index is 0.697. The first-order chi connectivity index (χ1) is 25.0. The van der Waals surface area contributed by atoms with Crippen molar-refractivity contribution in [3.05, 3.63) is 138 Å². The van der Waals surface area contributed by atoms with Gasteiger partial charge in [-0.15, -0.1) is 0 Å². The summed E-state index contributed by atoms with van der Waals surface area (Å²) in [6.07, 6.45) is 2.56. The number of fused-ring (bicyclic) bond motifs is 4. The highest BCUT2D eigenvalue weighted by Gasteiger charge is 2.12. The zero-order chi connectivity index (χ0) is 34.1. The van der Waals surface area contributed by atoms with Crippen LogP contribution in [0.4, 0.5) is 0 Å². The molecule has 9 nitrogen and oxygen atoms in total. The molecule has 5 aromatic carbocycles. The fraction of sp³-hybridized carbons (Fsp3) is 0.0714. The van der Waals surface area contributed by atoms with Gasteiger partial charge in [0, 0.05) is 18.2 Å². The van der Waals surface area contributed by atoms with Gasteiger partial charge in [0.15, 0.2) is 5.82 Å². The Morgan fingerprint density at radius 2 is 1.04 bits per heavy atom. The number of H-pyrrole nitrogens is 4. The molecular formula is C42H31N9. The van der Waals surface area contributed by atoms with Gasteiger partial charge in [-0.25, -0.2) is 19.9 Å². The van der Waals surface area contributed by atoms with Crippen molar-refractivity contribution < 1.29 is 0 Å². The van der Waals surface area contributed by atoms with E-state index in [1.165, 1.54) is 5.56 Å². The van der Waals surface area contributed by atoms with E-state index in [9.17, 15) is 0 Å². The van der Waals surface area contributed by atoms with Gasteiger partial charge >= 0.3 is 0 Å². The van der Waals surface area contributed by atoms with E-state index in [2.05, 4.69) is 127 Å². The number of aromatic amines is 4. The van der Waals surface area contributed by atoms with Crippen molar-refractivity contribution in [2.75, 3.05) is 0 Å². The van der Waals surface area contributed by atoms with E-state index in [4.69, 9.17) is 15.0 Å². The summed E-state index contributed by atoms with van der Waals surface area (Å²) in [5, 5.41) is 0. The molecule has 51 heavy (non-hydrogen) atoms. The van der Waals surface area contributed by atoms with Gasteiger partial charge in [0.05, 0.1) is 44.1 Å². The number of rotatable bonds is 6. The van der Waals surface area contributed by atoms with Gasteiger partial charge < -0.3 is 19.9 Å². The third-order valence-electron chi connectivity index (χ3n) is 9.52. The molecule has 10 aromatic rings. The third kappa shape index (κ3) is 5.32. The number of aryl methyl sites for hydroxylation is 2. The van der Waals surface area contributed by atoms with Gasteiger partial charge in [0.1, 0.15) is 23.2 Å². The van der Waals surface area contributed by atoms with Gasteiger partial charge in [-0.05, 0) is 102 Å². The number of hydrogen-bond donors (Lipinski definition) is 4. The number of imidazole rings is 4. The summed E-state index contributed by atoms with van der Waals surface area (Å²) < 4.78 is 0. The second kappa shape index (κ2) is 11.3. The Hall–Kier alpha value is -6.87. The molecule has 9 heteroatoms. The van der Waals surface area contributed by atoms with Gasteiger partial charge in [0.2, 0.25) is 0 Å². The molecule has 4 N–H and O–H groups in total. The molecule has 0 saturated heterocycles. The highest BCUT2D eigenvalue weighted by Crippen LogP contribution is 2.30. The molecule has 5 heterocycles. The summed E-state index contributed by atoms with van der Waals surface area (Å²) in [4.78, 5) is 37.5. The second-order valence-electron chi connectivity index (χ2n) is 13.2. The van der Waals surface area contributed by atoms with Crippen molar-refractivity contribution in [1.82, 2.24) is 44.9 Å². The van der Waals surface area contributed by atoms with Gasteiger partial charge in [0.25, 0.3) is 0 Å². The maximum Gasteiger partial charge on any atom is 0.157 e. The van der Waals surface area contributed by atoms with Crippen molar-refractivity contribution in [1.29, 1.82) is 0 Å². The summed E-state index contributed by atoms with van der Waals surface area (Å²) in [6, 6.07) is 37.9. The van der Waals surface area contributed by atoms with Crippen LogP contribution in [0.15, 0.2) is 115 Å². The van der Waals surface area contributed by atoms with Crippen LogP contribution in [0, 0.1) is 13.8 Å². The quantitative estimate of drug-likeness (QED) is 0.141. The predicted octanol–water partition coefficient (Wildman–Crippen LogP) is 9.46. The fourth-order valence-electron chi connectivity index (χ4n) is 6.85. The van der Waals surface area contributed by atoms with E-state index in [1.807, 2.05) is 32.2 Å². The van der Waals surface area contributed by atoms with Gasteiger partial charge in [-0.2, -0.15) is 0 Å². The predicted molar refractivity (Wildman–Crippen MR) is 203 cm³/mol. The van der Waals surface area contributed by atoms with Crippen LogP contribution in [0.1, 0.15) is 22.8 Å². The van der Waals surface area contributed by atoms with Crippen LogP contribution in [-0.2, 0) is 6.42 Å². The van der Waals surface area contributed by atoms with E-state index in [-0.39, 0.29) is 0 Å². The lowest BCUT2D eigenvalue weighted by Gasteiger charge is -2.02. The molecule has 0 aliphatic rings. The average Bonchev–Trinajstić information content (AvgIpc) is 3.94. The summed E-state index contributed by atoms with van der Waals surface area (Å²) in [5.41, 5.74) is 16.4. The summed E-state index contributed by atoms with van der Waals surface area (Å²) >= 11 is 0. The standard InChI is InChI=1S/C42H31N9/c1-23-3-12-35(43-22-23)42-49-34-16-11-30(21-39(34)51-42)28-9-14-32-37(19-28)47-40(46-32)17-25-4-6-26(7-5-25)41-48-33-15-10-29(20-38(33)50-41)27-8-13-31-36(18-27)45-24(2)44-31/h3-16,18-22H,17H2,1-2H3,(H,44,45)(H,46,47)(H,48,50)(H,49,51). The number of pyridine rings is 1. The molecule has 0 unspecified atom stereocenters. The van der Waals surface area contributed by atoms with Crippen molar-refractivity contribution in [3.63, 3.8) is 0 Å². The number of aromatic nitrogens is 9. The summed E-state index contributed by atoms with van der Waals surface area (Å²) in [6.45, 7) is 4.01. The van der Waals surface area contributed by atoms with Crippen LogP contribution in [0.5, 0.6) is 0 Å². The number of hydrogen-bond acceptors (Lipinski definition) is 5. The number of nitrogens with zero attached hydrogens (tertiary/aromatic N) is 5. The van der Waals surface area contributed by atoms with Crippen molar-refractivity contribution >= 4 is 44.1 Å². The molecule has 0 atom stereocenters. The van der Waals surface area contributed by atoms with Crippen LogP contribution in [0.3, 0.4) is 0 Å². The van der Waals surface area contributed by atoms with Gasteiger partial charge in [-0.3, -0.25) is 4.98 Å². The Bertz CT molecular complexity index is 2900. The molecule has 244 valence electrons. The average molecular weight is 662 g/mol. The molecule has 0 amide bonds. The maximum atomic E-state index is 4.94. The highest BCUT2D eigenvalue weighted by atomic mass is 15.0. The van der Waals surface area contributed by atoms with E-state index in [1.54, 1.807) is 0 Å². The van der Waals surface area contributed by atoms with E-state index in [0.717, 1.165) is 107 Å². The first-order valence-electron chi connectivity index (χ1n) is 17.0. The Labute approximate surface area is 291 Å². The third-order valence-corrected chi connectivity index (χ3v) is 9.52. The fourth-order valence-corrected chi connectivity index (χ4v) is 6.85. The normalized spacial score (nSPS) is 11.8. The molecule has 0 spiro atoms. The van der Waals surface area contributed by atoms with E-state index in [0.29, 0.717) is 6.42 Å². The largest absolute Gasteiger partial charge is 0.342 e. The molecule has 0 aliphatic heterocycles. The number of benzene rings is 5. The molecular weight excluding hydrogens is 631 g/mol. The first kappa shape index (κ1) is 29.1. The van der Waals surface area contributed by atoms with Crippen molar-refractivity contribution in [2.45, 2.75) is 20.3 Å². The first-order valence-corrected chi connectivity index (χ1v) is 17.0. The van der Waals surface area contributed by atoms with Crippen LogP contribution >= 0.6 is 0 Å². The lowest BCUT2D eigenvalue weighted by atomic mass is 10.0. The summed E-state index contributed by atoms with van der Waals surface area (Å²) in [5.74, 6) is 3.46. The Balaban J connectivity index is 0.865. The minimum Gasteiger partial charge on any atom is -0.342 e. The smallest absolute Gasteiger partial charge is 0.157 e. The van der Waals surface area contributed by atoms with Crippen LogP contribution < -0.4 is 0 Å². The van der Waals surface area contributed by atoms with Crippen LogP contribution in [0.2, 0.25) is 0 Å². The molecule has 0 saturated carbocycles. The van der Waals surface area contributed by atoms with E-state index < -0.39 is 0 Å². The number of nitrogens with one attached hydrogen (secondary N) is 4. The maximum absolute atomic E-state index is 4.94. The lowest BCUT2D eigenvalue weighted by molar-refractivity contribution is 1.04. The molecule has 0 bridgehead atoms. The Kier molecular flexibility index (Phi) is 6.47. The topological polar surface area (TPSA) is 128 Å².